The molecule has 5 nitrogen and oxygen atoms in total. The number of nitrogens with one attached hydrogen (secondary N) is 1. The summed E-state index contributed by atoms with van der Waals surface area (Å²) in [6.07, 6.45) is 3.24. The van der Waals surface area contributed by atoms with Crippen molar-refractivity contribution in [2.24, 2.45) is 0 Å². The van der Waals surface area contributed by atoms with E-state index in [0.29, 0.717) is 5.75 Å². The molecule has 0 bridgehead atoms. The van der Waals surface area contributed by atoms with E-state index in [0.717, 1.165) is 46.4 Å². The standard InChI is InChI=1S/C21H23Br2N3O2/c1-25-9-11-26(12-10-25)18-6-4-17(5-7-18)24-20(27)8-3-15-13-16(22)14-19(23)21(15)28-2/h3-8,13-14H,9-12H2,1-2H3,(H,24,27)/b8-3+. The summed E-state index contributed by atoms with van der Waals surface area (Å²) in [4.78, 5) is 17.0. The van der Waals surface area contributed by atoms with Crippen molar-refractivity contribution in [1.82, 2.24) is 4.90 Å². The molecule has 3 rings (SSSR count). The minimum atomic E-state index is -0.189. The Morgan fingerprint density at radius 1 is 1.11 bits per heavy atom. The van der Waals surface area contributed by atoms with Gasteiger partial charge in [-0.1, -0.05) is 15.9 Å². The van der Waals surface area contributed by atoms with Gasteiger partial charge < -0.3 is 19.9 Å². The van der Waals surface area contributed by atoms with Crippen molar-refractivity contribution in [2.45, 2.75) is 0 Å². The van der Waals surface area contributed by atoms with Gasteiger partial charge >= 0.3 is 0 Å². The first kappa shape index (κ1) is 20.9. The van der Waals surface area contributed by atoms with Crippen LogP contribution in [0, 0.1) is 0 Å². The van der Waals surface area contributed by atoms with Crippen LogP contribution in [0.25, 0.3) is 6.08 Å². The van der Waals surface area contributed by atoms with Crippen LogP contribution in [-0.4, -0.2) is 51.1 Å². The Morgan fingerprint density at radius 2 is 1.79 bits per heavy atom. The molecule has 1 heterocycles. The van der Waals surface area contributed by atoms with E-state index in [9.17, 15) is 4.79 Å². The van der Waals surface area contributed by atoms with E-state index in [-0.39, 0.29) is 5.91 Å². The van der Waals surface area contributed by atoms with E-state index in [1.165, 1.54) is 11.8 Å². The highest BCUT2D eigenvalue weighted by Gasteiger charge is 2.14. The van der Waals surface area contributed by atoms with Gasteiger partial charge in [0.25, 0.3) is 0 Å². The number of carbonyl (C=O) groups is 1. The molecule has 0 radical (unpaired) electrons. The molecular weight excluding hydrogens is 486 g/mol. The van der Waals surface area contributed by atoms with Gasteiger partial charge in [0.15, 0.2) is 0 Å². The molecule has 148 valence electrons. The monoisotopic (exact) mass is 507 g/mol. The number of likely N-dealkylation sites (N-methyl/N-ethyl adjacent to an activating group) is 1. The number of piperazine rings is 1. The predicted molar refractivity (Wildman–Crippen MR) is 122 cm³/mol. The number of hydrogen-bond donors (Lipinski definition) is 1. The lowest BCUT2D eigenvalue weighted by molar-refractivity contribution is -0.111. The zero-order valence-electron chi connectivity index (χ0n) is 15.9. The highest BCUT2D eigenvalue weighted by atomic mass is 79.9. The second kappa shape index (κ2) is 9.58. The Balaban J connectivity index is 1.63. The highest BCUT2D eigenvalue weighted by Crippen LogP contribution is 2.33. The number of rotatable bonds is 5. The van der Waals surface area contributed by atoms with Crippen LogP contribution in [0.4, 0.5) is 11.4 Å². The molecule has 0 spiro atoms. The molecular formula is C21H23Br2N3O2. The molecule has 1 amide bonds. The van der Waals surface area contributed by atoms with Gasteiger partial charge in [0.05, 0.1) is 11.6 Å². The van der Waals surface area contributed by atoms with Gasteiger partial charge in [-0.15, -0.1) is 0 Å². The van der Waals surface area contributed by atoms with Gasteiger partial charge in [-0.2, -0.15) is 0 Å². The molecule has 28 heavy (non-hydrogen) atoms. The van der Waals surface area contributed by atoms with E-state index >= 15 is 0 Å². The van der Waals surface area contributed by atoms with E-state index in [4.69, 9.17) is 4.74 Å². The first-order chi connectivity index (χ1) is 13.5. The highest BCUT2D eigenvalue weighted by molar-refractivity contribution is 9.11. The van der Waals surface area contributed by atoms with Gasteiger partial charge in [-0.05, 0) is 65.5 Å². The molecule has 1 N–H and O–H groups in total. The average molecular weight is 509 g/mol. The number of anilines is 2. The molecule has 7 heteroatoms. The third-order valence-corrected chi connectivity index (χ3v) is 5.71. The average Bonchev–Trinajstić information content (AvgIpc) is 2.67. The molecule has 0 unspecified atom stereocenters. The number of benzene rings is 2. The Morgan fingerprint density at radius 3 is 2.43 bits per heavy atom. The summed E-state index contributed by atoms with van der Waals surface area (Å²) in [7, 11) is 3.75. The third-order valence-electron chi connectivity index (χ3n) is 4.66. The number of hydrogen-bond acceptors (Lipinski definition) is 4. The minimum Gasteiger partial charge on any atom is -0.495 e. The maximum Gasteiger partial charge on any atom is 0.248 e. The Labute approximate surface area is 182 Å². The fraction of sp³-hybridized carbons (Fsp3) is 0.286. The molecule has 2 aromatic carbocycles. The Kier molecular flexibility index (Phi) is 7.15. The second-order valence-electron chi connectivity index (χ2n) is 6.67. The quantitative estimate of drug-likeness (QED) is 0.598. The smallest absolute Gasteiger partial charge is 0.248 e. The van der Waals surface area contributed by atoms with Crippen LogP contribution in [-0.2, 0) is 4.79 Å². The van der Waals surface area contributed by atoms with E-state index in [1.807, 2.05) is 24.3 Å². The molecule has 0 saturated carbocycles. The van der Waals surface area contributed by atoms with Crippen LogP contribution in [0.3, 0.4) is 0 Å². The topological polar surface area (TPSA) is 44.8 Å². The molecule has 1 aliphatic rings. The lowest BCUT2D eigenvalue weighted by Crippen LogP contribution is -2.44. The lowest BCUT2D eigenvalue weighted by Gasteiger charge is -2.34. The molecule has 1 fully saturated rings. The maximum atomic E-state index is 12.3. The fourth-order valence-electron chi connectivity index (χ4n) is 3.09. The zero-order chi connectivity index (χ0) is 20.1. The summed E-state index contributed by atoms with van der Waals surface area (Å²) >= 11 is 6.92. The molecule has 1 saturated heterocycles. The summed E-state index contributed by atoms with van der Waals surface area (Å²) in [6, 6.07) is 11.8. The third kappa shape index (κ3) is 5.37. The van der Waals surface area contributed by atoms with Crippen LogP contribution >= 0.6 is 31.9 Å². The summed E-state index contributed by atoms with van der Waals surface area (Å²) in [5.41, 5.74) is 2.77. The number of nitrogens with zero attached hydrogens (tertiary/aromatic N) is 2. The first-order valence-corrected chi connectivity index (χ1v) is 10.6. The SMILES string of the molecule is COc1c(Br)cc(Br)cc1/C=C/C(=O)Nc1ccc(N2CCN(C)CC2)cc1. The van der Waals surface area contributed by atoms with Crippen LogP contribution in [0.5, 0.6) is 5.75 Å². The van der Waals surface area contributed by atoms with Crippen molar-refractivity contribution < 1.29 is 9.53 Å². The molecule has 0 atom stereocenters. The van der Waals surface area contributed by atoms with Gasteiger partial charge in [0.1, 0.15) is 5.75 Å². The number of amides is 1. The van der Waals surface area contributed by atoms with Crippen molar-refractivity contribution in [3.8, 4) is 5.75 Å². The van der Waals surface area contributed by atoms with Gasteiger partial charge in [0, 0.05) is 53.7 Å². The van der Waals surface area contributed by atoms with Gasteiger partial charge in [-0.3, -0.25) is 4.79 Å². The van der Waals surface area contributed by atoms with Crippen LogP contribution in [0.1, 0.15) is 5.56 Å². The summed E-state index contributed by atoms with van der Waals surface area (Å²) in [6.45, 7) is 4.18. The normalized spacial score (nSPS) is 15.1. The van der Waals surface area contributed by atoms with E-state index in [2.05, 4.69) is 66.2 Å². The van der Waals surface area contributed by atoms with Crippen molar-refractivity contribution in [3.05, 3.63) is 57.0 Å². The van der Waals surface area contributed by atoms with Crippen LogP contribution in [0.15, 0.2) is 51.4 Å². The number of carbonyl (C=O) groups excluding carboxylic acids is 1. The first-order valence-electron chi connectivity index (χ1n) is 9.02. The van der Waals surface area contributed by atoms with Gasteiger partial charge in [0.2, 0.25) is 5.91 Å². The molecule has 2 aromatic rings. The maximum absolute atomic E-state index is 12.3. The van der Waals surface area contributed by atoms with Crippen molar-refractivity contribution >= 4 is 55.2 Å². The van der Waals surface area contributed by atoms with E-state index < -0.39 is 0 Å². The molecule has 0 aliphatic carbocycles. The summed E-state index contributed by atoms with van der Waals surface area (Å²) < 4.78 is 7.13. The Hall–Kier alpha value is -1.83. The summed E-state index contributed by atoms with van der Waals surface area (Å²) in [5.74, 6) is 0.495. The Bertz CT molecular complexity index is 861. The molecule has 0 aromatic heterocycles. The largest absolute Gasteiger partial charge is 0.495 e. The van der Waals surface area contributed by atoms with E-state index in [1.54, 1.807) is 13.2 Å². The fourth-order valence-corrected chi connectivity index (χ4v) is 4.51. The minimum absolute atomic E-state index is 0.189. The van der Waals surface area contributed by atoms with Crippen molar-refractivity contribution in [2.75, 3.05) is 50.6 Å². The number of methoxy groups -OCH3 is 1. The van der Waals surface area contributed by atoms with Crippen molar-refractivity contribution in [3.63, 3.8) is 0 Å². The molecule has 1 aliphatic heterocycles. The lowest BCUT2D eigenvalue weighted by atomic mass is 10.2. The predicted octanol–water partition coefficient (Wildman–Crippen LogP) is 4.62. The zero-order valence-corrected chi connectivity index (χ0v) is 19.1. The number of halogens is 2. The second-order valence-corrected chi connectivity index (χ2v) is 8.44. The van der Waals surface area contributed by atoms with Gasteiger partial charge in [-0.25, -0.2) is 0 Å². The van der Waals surface area contributed by atoms with Crippen LogP contribution < -0.4 is 15.0 Å². The van der Waals surface area contributed by atoms with Crippen molar-refractivity contribution in [1.29, 1.82) is 0 Å². The number of ether oxygens (including phenoxy) is 1. The van der Waals surface area contributed by atoms with Crippen LogP contribution in [0.2, 0.25) is 0 Å². The summed E-state index contributed by atoms with van der Waals surface area (Å²) in [5, 5.41) is 2.90.